The molecule has 4 nitrogen and oxygen atoms in total. The summed E-state index contributed by atoms with van der Waals surface area (Å²) in [6, 6.07) is 4.67. The van der Waals surface area contributed by atoms with Crippen molar-refractivity contribution >= 4 is 11.7 Å². The Hall–Kier alpha value is -1.97. The highest BCUT2D eigenvalue weighted by Crippen LogP contribution is 2.28. The summed E-state index contributed by atoms with van der Waals surface area (Å²) in [7, 11) is 0. The van der Waals surface area contributed by atoms with Crippen molar-refractivity contribution in [2.75, 3.05) is 5.32 Å². The van der Waals surface area contributed by atoms with Crippen molar-refractivity contribution in [2.24, 2.45) is 0 Å². The molecule has 0 unspecified atom stereocenters. The Kier molecular flexibility index (Phi) is 1.66. The number of hydrogen-bond donors (Lipinski definition) is 2. The molecule has 1 aliphatic rings. The van der Waals surface area contributed by atoms with Gasteiger partial charge >= 0.3 is 5.97 Å². The van der Waals surface area contributed by atoms with E-state index in [4.69, 9.17) is 9.84 Å². The fraction of sp³-hybridized carbons (Fsp3) is 0. The lowest BCUT2D eigenvalue weighted by Gasteiger charge is -2.12. The number of carboxylic acid groups (broad SMARTS) is 1. The van der Waals surface area contributed by atoms with E-state index < -0.39 is 5.97 Å². The molecule has 1 aromatic rings. The van der Waals surface area contributed by atoms with Gasteiger partial charge in [-0.2, -0.15) is 0 Å². The summed E-state index contributed by atoms with van der Waals surface area (Å²) in [6.45, 7) is 0. The van der Waals surface area contributed by atoms with Gasteiger partial charge in [-0.15, -0.1) is 0 Å². The SMILES string of the molecule is O=C(O)c1ccc2c(c1)OC=CN2. The Morgan fingerprint density at radius 1 is 1.46 bits per heavy atom. The van der Waals surface area contributed by atoms with Crippen molar-refractivity contribution in [3.05, 3.63) is 36.2 Å². The smallest absolute Gasteiger partial charge is 0.335 e. The number of hydrogen-bond acceptors (Lipinski definition) is 3. The quantitative estimate of drug-likeness (QED) is 0.684. The van der Waals surface area contributed by atoms with Gasteiger partial charge in [0, 0.05) is 6.20 Å². The zero-order chi connectivity index (χ0) is 9.26. The van der Waals surface area contributed by atoms with Gasteiger partial charge in [-0.25, -0.2) is 4.79 Å². The van der Waals surface area contributed by atoms with Crippen molar-refractivity contribution < 1.29 is 14.6 Å². The molecule has 1 aromatic carbocycles. The average Bonchev–Trinajstić information content (AvgIpc) is 2.17. The number of anilines is 1. The fourth-order valence-corrected chi connectivity index (χ4v) is 1.10. The lowest BCUT2D eigenvalue weighted by molar-refractivity contribution is 0.0696. The molecule has 2 N–H and O–H groups in total. The largest absolute Gasteiger partial charge is 0.478 e. The van der Waals surface area contributed by atoms with Crippen LogP contribution in [0, 0.1) is 0 Å². The van der Waals surface area contributed by atoms with Gasteiger partial charge in [0.1, 0.15) is 6.26 Å². The van der Waals surface area contributed by atoms with E-state index >= 15 is 0 Å². The minimum atomic E-state index is -0.957. The zero-order valence-electron chi connectivity index (χ0n) is 6.65. The van der Waals surface area contributed by atoms with E-state index in [1.54, 1.807) is 12.3 Å². The number of benzene rings is 1. The molecule has 4 heteroatoms. The molecule has 1 heterocycles. The molecule has 0 spiro atoms. The second-order valence-corrected chi connectivity index (χ2v) is 2.58. The molecule has 2 rings (SSSR count). The normalized spacial score (nSPS) is 12.6. The van der Waals surface area contributed by atoms with Gasteiger partial charge in [0.25, 0.3) is 0 Å². The van der Waals surface area contributed by atoms with Crippen molar-refractivity contribution in [3.8, 4) is 5.75 Å². The summed E-state index contributed by atoms with van der Waals surface area (Å²) >= 11 is 0. The van der Waals surface area contributed by atoms with E-state index in [2.05, 4.69) is 5.32 Å². The van der Waals surface area contributed by atoms with Crippen molar-refractivity contribution in [1.29, 1.82) is 0 Å². The molecule has 0 saturated heterocycles. The lowest BCUT2D eigenvalue weighted by Crippen LogP contribution is -2.02. The van der Waals surface area contributed by atoms with Crippen molar-refractivity contribution in [1.82, 2.24) is 0 Å². The first-order valence-corrected chi connectivity index (χ1v) is 3.73. The first-order chi connectivity index (χ1) is 6.27. The topological polar surface area (TPSA) is 58.6 Å². The summed E-state index contributed by atoms with van der Waals surface area (Å²) in [5.74, 6) is -0.427. The van der Waals surface area contributed by atoms with Crippen LogP contribution in [0.5, 0.6) is 5.75 Å². The van der Waals surface area contributed by atoms with E-state index in [9.17, 15) is 4.79 Å². The maximum atomic E-state index is 10.6. The van der Waals surface area contributed by atoms with Crippen molar-refractivity contribution in [3.63, 3.8) is 0 Å². The Labute approximate surface area is 74.4 Å². The third-order valence-electron chi connectivity index (χ3n) is 1.73. The summed E-state index contributed by atoms with van der Waals surface area (Å²) in [6.07, 6.45) is 3.11. The maximum absolute atomic E-state index is 10.6. The summed E-state index contributed by atoms with van der Waals surface area (Å²) in [5.41, 5.74) is 0.989. The number of ether oxygens (including phenoxy) is 1. The predicted octanol–water partition coefficient (Wildman–Crippen LogP) is 1.66. The number of carbonyl (C=O) groups is 1. The van der Waals surface area contributed by atoms with Crippen molar-refractivity contribution in [2.45, 2.75) is 0 Å². The molecule has 13 heavy (non-hydrogen) atoms. The molecule has 0 atom stereocenters. The van der Waals surface area contributed by atoms with E-state index in [0.29, 0.717) is 5.75 Å². The van der Waals surface area contributed by atoms with Crippen LogP contribution in [-0.2, 0) is 0 Å². The molecule has 66 valence electrons. The molecule has 0 radical (unpaired) electrons. The standard InChI is InChI=1S/C9H7NO3/c11-9(12)6-1-2-7-8(5-6)13-4-3-10-7/h1-5,10H,(H,11,12). The van der Waals surface area contributed by atoms with Gasteiger partial charge in [-0.1, -0.05) is 0 Å². The molecule has 1 aliphatic heterocycles. The predicted molar refractivity (Wildman–Crippen MR) is 46.8 cm³/mol. The summed E-state index contributed by atoms with van der Waals surface area (Å²) < 4.78 is 5.11. The molecule has 0 saturated carbocycles. The number of fused-ring (bicyclic) bond motifs is 1. The average molecular weight is 177 g/mol. The van der Waals surface area contributed by atoms with Gasteiger partial charge in [0.2, 0.25) is 0 Å². The van der Waals surface area contributed by atoms with Crippen LogP contribution in [-0.4, -0.2) is 11.1 Å². The third-order valence-corrected chi connectivity index (χ3v) is 1.73. The highest BCUT2D eigenvalue weighted by atomic mass is 16.5. The fourth-order valence-electron chi connectivity index (χ4n) is 1.10. The van der Waals surface area contributed by atoms with Crippen LogP contribution in [0.15, 0.2) is 30.7 Å². The van der Waals surface area contributed by atoms with Gasteiger partial charge in [0.05, 0.1) is 11.3 Å². The highest BCUT2D eigenvalue weighted by molar-refractivity contribution is 5.89. The van der Waals surface area contributed by atoms with E-state index in [0.717, 1.165) is 5.69 Å². The van der Waals surface area contributed by atoms with Gasteiger partial charge in [0.15, 0.2) is 5.75 Å². The van der Waals surface area contributed by atoms with Crippen LogP contribution in [0.1, 0.15) is 10.4 Å². The van der Waals surface area contributed by atoms with E-state index in [1.165, 1.54) is 18.4 Å². The van der Waals surface area contributed by atoms with E-state index in [-0.39, 0.29) is 5.56 Å². The molecule has 0 amide bonds. The minimum Gasteiger partial charge on any atom is -0.478 e. The maximum Gasteiger partial charge on any atom is 0.335 e. The second kappa shape index (κ2) is 2.82. The van der Waals surface area contributed by atoms with Crippen LogP contribution in [0.2, 0.25) is 0 Å². The number of carboxylic acids is 1. The van der Waals surface area contributed by atoms with Crippen LogP contribution in [0.3, 0.4) is 0 Å². The Balaban J connectivity index is 2.44. The number of nitrogens with one attached hydrogen (secondary N) is 1. The molecule has 0 bridgehead atoms. The monoisotopic (exact) mass is 177 g/mol. The van der Waals surface area contributed by atoms with Gasteiger partial charge in [-0.05, 0) is 18.2 Å². The lowest BCUT2D eigenvalue weighted by atomic mass is 10.2. The minimum absolute atomic E-state index is 0.218. The van der Waals surface area contributed by atoms with Crippen LogP contribution in [0.4, 0.5) is 5.69 Å². The van der Waals surface area contributed by atoms with Crippen LogP contribution in [0.25, 0.3) is 0 Å². The Morgan fingerprint density at radius 3 is 3.08 bits per heavy atom. The summed E-state index contributed by atoms with van der Waals surface area (Å²) in [5, 5.41) is 11.6. The first-order valence-electron chi connectivity index (χ1n) is 3.73. The summed E-state index contributed by atoms with van der Waals surface area (Å²) in [4.78, 5) is 10.6. The Morgan fingerprint density at radius 2 is 2.31 bits per heavy atom. The van der Waals surface area contributed by atoms with Gasteiger partial charge in [-0.3, -0.25) is 0 Å². The van der Waals surface area contributed by atoms with E-state index in [1.807, 2.05) is 0 Å². The molecule has 0 aromatic heterocycles. The van der Waals surface area contributed by atoms with Gasteiger partial charge < -0.3 is 15.2 Å². The number of rotatable bonds is 1. The molecular formula is C9H7NO3. The molecular weight excluding hydrogens is 170 g/mol. The Bertz CT molecular complexity index is 384. The first kappa shape index (κ1) is 7.67. The van der Waals surface area contributed by atoms with Crippen LogP contribution < -0.4 is 10.1 Å². The molecule has 0 fully saturated rings. The molecule has 0 aliphatic carbocycles. The number of aromatic carboxylic acids is 1. The highest BCUT2D eigenvalue weighted by Gasteiger charge is 2.09. The third kappa shape index (κ3) is 1.33. The zero-order valence-corrected chi connectivity index (χ0v) is 6.65. The second-order valence-electron chi connectivity index (χ2n) is 2.58. The van der Waals surface area contributed by atoms with Crippen LogP contribution >= 0.6 is 0 Å².